The lowest BCUT2D eigenvalue weighted by atomic mass is 9.93. The van der Waals surface area contributed by atoms with E-state index in [1.807, 2.05) is 0 Å². The maximum absolute atomic E-state index is 5.34. The van der Waals surface area contributed by atoms with Gasteiger partial charge in [-0.05, 0) is 25.7 Å². The predicted molar refractivity (Wildman–Crippen MR) is 75.0 cm³/mol. The van der Waals surface area contributed by atoms with Gasteiger partial charge in [0.05, 0.1) is 6.54 Å². The Kier molecular flexibility index (Phi) is 6.62. The highest BCUT2D eigenvalue weighted by atomic mass is 15.1. The summed E-state index contributed by atoms with van der Waals surface area (Å²) in [4.78, 5) is 2.37. The fraction of sp³-hybridized carbons (Fsp3) is 0.867. The predicted octanol–water partition coefficient (Wildman–Crippen LogP) is 2.50. The van der Waals surface area contributed by atoms with Crippen molar-refractivity contribution in [2.75, 3.05) is 19.6 Å². The Bertz CT molecular complexity index is 232. The second kappa shape index (κ2) is 7.74. The normalized spacial score (nSPS) is 20.4. The Morgan fingerprint density at radius 2 is 1.88 bits per heavy atom. The Balaban J connectivity index is 2.28. The summed E-state index contributed by atoms with van der Waals surface area (Å²) in [5, 5.41) is 3.81. The SMILES string of the molecule is C#CCN1CCC(NC(C)C(CC)CC)CC1. The van der Waals surface area contributed by atoms with E-state index in [0.717, 1.165) is 25.6 Å². The number of rotatable bonds is 6. The van der Waals surface area contributed by atoms with Crippen molar-refractivity contribution >= 4 is 0 Å². The molecule has 0 bridgehead atoms. The first kappa shape index (κ1) is 14.5. The zero-order valence-corrected chi connectivity index (χ0v) is 11.7. The highest BCUT2D eigenvalue weighted by Crippen LogP contribution is 2.16. The van der Waals surface area contributed by atoms with Crippen LogP contribution in [-0.4, -0.2) is 36.6 Å². The average Bonchev–Trinajstić information content (AvgIpc) is 2.33. The van der Waals surface area contributed by atoms with Crippen molar-refractivity contribution in [3.05, 3.63) is 0 Å². The van der Waals surface area contributed by atoms with Gasteiger partial charge in [0.1, 0.15) is 0 Å². The molecule has 17 heavy (non-hydrogen) atoms. The lowest BCUT2D eigenvalue weighted by Gasteiger charge is -2.34. The minimum atomic E-state index is 0.647. The lowest BCUT2D eigenvalue weighted by molar-refractivity contribution is 0.198. The van der Waals surface area contributed by atoms with Gasteiger partial charge in [-0.25, -0.2) is 0 Å². The van der Waals surface area contributed by atoms with Gasteiger partial charge in [0.25, 0.3) is 0 Å². The zero-order chi connectivity index (χ0) is 12.7. The standard InChI is InChI=1S/C15H28N2/c1-5-10-17-11-8-15(9-12-17)16-13(4)14(6-2)7-3/h1,13-16H,6-12H2,2-4H3. The van der Waals surface area contributed by atoms with Crippen LogP contribution in [0.5, 0.6) is 0 Å². The fourth-order valence-corrected chi connectivity index (χ4v) is 2.89. The van der Waals surface area contributed by atoms with E-state index in [1.165, 1.54) is 25.7 Å². The van der Waals surface area contributed by atoms with Crippen molar-refractivity contribution in [1.29, 1.82) is 0 Å². The number of terminal acetylenes is 1. The molecule has 2 heteroatoms. The first-order valence-electron chi connectivity index (χ1n) is 7.13. The lowest BCUT2D eigenvalue weighted by Crippen LogP contribution is -2.47. The number of hydrogen-bond acceptors (Lipinski definition) is 2. The average molecular weight is 236 g/mol. The summed E-state index contributed by atoms with van der Waals surface area (Å²) in [6, 6.07) is 1.34. The topological polar surface area (TPSA) is 15.3 Å². The van der Waals surface area contributed by atoms with Gasteiger partial charge >= 0.3 is 0 Å². The van der Waals surface area contributed by atoms with Crippen LogP contribution in [0.4, 0.5) is 0 Å². The van der Waals surface area contributed by atoms with E-state index in [9.17, 15) is 0 Å². The molecule has 0 aromatic rings. The van der Waals surface area contributed by atoms with E-state index in [1.54, 1.807) is 0 Å². The molecule has 0 aromatic heterocycles. The van der Waals surface area contributed by atoms with Crippen LogP contribution in [0.2, 0.25) is 0 Å². The highest BCUT2D eigenvalue weighted by Gasteiger charge is 2.22. The molecule has 1 saturated heterocycles. The molecule has 0 aliphatic carbocycles. The number of likely N-dealkylation sites (tertiary alicyclic amines) is 1. The molecule has 0 saturated carbocycles. The monoisotopic (exact) mass is 236 g/mol. The van der Waals surface area contributed by atoms with Crippen LogP contribution < -0.4 is 5.32 Å². The van der Waals surface area contributed by atoms with Gasteiger partial charge in [-0.1, -0.05) is 32.6 Å². The van der Waals surface area contributed by atoms with E-state index >= 15 is 0 Å². The Hall–Kier alpha value is -0.520. The summed E-state index contributed by atoms with van der Waals surface area (Å²) in [6.07, 6.45) is 10.4. The Morgan fingerprint density at radius 3 is 2.35 bits per heavy atom. The van der Waals surface area contributed by atoms with Crippen LogP contribution in [0, 0.1) is 18.3 Å². The molecule has 1 rings (SSSR count). The van der Waals surface area contributed by atoms with Crippen molar-refractivity contribution in [3.8, 4) is 12.3 Å². The Morgan fingerprint density at radius 1 is 1.29 bits per heavy atom. The molecule has 1 N–H and O–H groups in total. The first-order chi connectivity index (χ1) is 8.21. The van der Waals surface area contributed by atoms with Gasteiger partial charge in [0, 0.05) is 25.2 Å². The molecule has 1 heterocycles. The largest absolute Gasteiger partial charge is 0.311 e. The Labute approximate surface area is 107 Å². The van der Waals surface area contributed by atoms with Gasteiger partial charge in [-0.15, -0.1) is 6.42 Å². The maximum Gasteiger partial charge on any atom is 0.0598 e. The van der Waals surface area contributed by atoms with Crippen molar-refractivity contribution in [2.24, 2.45) is 5.92 Å². The van der Waals surface area contributed by atoms with E-state index in [2.05, 4.69) is 36.9 Å². The molecule has 0 radical (unpaired) electrons. The quantitative estimate of drug-likeness (QED) is 0.713. The zero-order valence-electron chi connectivity index (χ0n) is 11.7. The minimum absolute atomic E-state index is 0.647. The molecule has 0 aromatic carbocycles. The third-order valence-electron chi connectivity index (χ3n) is 4.16. The summed E-state index contributed by atoms with van der Waals surface area (Å²) >= 11 is 0. The molecule has 2 nitrogen and oxygen atoms in total. The number of nitrogens with zero attached hydrogens (tertiary/aromatic N) is 1. The van der Waals surface area contributed by atoms with Crippen molar-refractivity contribution in [1.82, 2.24) is 10.2 Å². The van der Waals surface area contributed by atoms with E-state index in [0.29, 0.717) is 12.1 Å². The summed E-state index contributed by atoms with van der Waals surface area (Å²) in [5.74, 6) is 3.55. The van der Waals surface area contributed by atoms with Crippen molar-refractivity contribution in [2.45, 2.75) is 58.5 Å². The number of nitrogens with one attached hydrogen (secondary N) is 1. The molecule has 1 atom stereocenters. The summed E-state index contributed by atoms with van der Waals surface area (Å²) in [5.41, 5.74) is 0. The highest BCUT2D eigenvalue weighted by molar-refractivity contribution is 4.91. The number of hydrogen-bond donors (Lipinski definition) is 1. The van der Waals surface area contributed by atoms with Crippen LogP contribution in [-0.2, 0) is 0 Å². The summed E-state index contributed by atoms with van der Waals surface area (Å²) in [7, 11) is 0. The summed E-state index contributed by atoms with van der Waals surface area (Å²) in [6.45, 7) is 10.0. The molecule has 1 unspecified atom stereocenters. The van der Waals surface area contributed by atoms with E-state index < -0.39 is 0 Å². The van der Waals surface area contributed by atoms with Gasteiger partial charge < -0.3 is 5.32 Å². The van der Waals surface area contributed by atoms with Gasteiger partial charge in [-0.2, -0.15) is 0 Å². The maximum atomic E-state index is 5.34. The van der Waals surface area contributed by atoms with Crippen LogP contribution in [0.15, 0.2) is 0 Å². The minimum Gasteiger partial charge on any atom is -0.311 e. The second-order valence-corrected chi connectivity index (χ2v) is 5.29. The van der Waals surface area contributed by atoms with E-state index in [-0.39, 0.29) is 0 Å². The third-order valence-corrected chi connectivity index (χ3v) is 4.16. The van der Waals surface area contributed by atoms with Crippen molar-refractivity contribution in [3.63, 3.8) is 0 Å². The third kappa shape index (κ3) is 4.69. The van der Waals surface area contributed by atoms with Crippen LogP contribution >= 0.6 is 0 Å². The van der Waals surface area contributed by atoms with Gasteiger partial charge in [0.2, 0.25) is 0 Å². The van der Waals surface area contributed by atoms with Crippen LogP contribution in [0.3, 0.4) is 0 Å². The molecular formula is C15H28N2. The summed E-state index contributed by atoms with van der Waals surface area (Å²) < 4.78 is 0. The smallest absolute Gasteiger partial charge is 0.0598 e. The first-order valence-corrected chi connectivity index (χ1v) is 7.13. The van der Waals surface area contributed by atoms with Gasteiger partial charge in [0.15, 0.2) is 0 Å². The molecule has 98 valence electrons. The van der Waals surface area contributed by atoms with E-state index in [4.69, 9.17) is 6.42 Å². The molecular weight excluding hydrogens is 208 g/mol. The van der Waals surface area contributed by atoms with Crippen LogP contribution in [0.1, 0.15) is 46.5 Å². The molecule has 1 fully saturated rings. The van der Waals surface area contributed by atoms with Crippen molar-refractivity contribution < 1.29 is 0 Å². The van der Waals surface area contributed by atoms with Crippen LogP contribution in [0.25, 0.3) is 0 Å². The number of piperidine rings is 1. The van der Waals surface area contributed by atoms with Gasteiger partial charge in [-0.3, -0.25) is 4.90 Å². The molecule has 0 spiro atoms. The molecule has 0 amide bonds. The fourth-order valence-electron chi connectivity index (χ4n) is 2.89. The molecule has 1 aliphatic rings. The molecule has 1 aliphatic heterocycles. The second-order valence-electron chi connectivity index (χ2n) is 5.29.